The highest BCUT2D eigenvalue weighted by molar-refractivity contribution is 8.01. The minimum atomic E-state index is -3.67. The lowest BCUT2D eigenvalue weighted by molar-refractivity contribution is -0.141. The Morgan fingerprint density at radius 2 is 2.39 bits per heavy atom. The number of aliphatic hydroxyl groups is 1. The van der Waals surface area contributed by atoms with Crippen molar-refractivity contribution in [1.29, 1.82) is 0 Å². The van der Waals surface area contributed by atoms with E-state index in [1.165, 1.54) is 35.5 Å². The number of hydrogen-bond acceptors (Lipinski definition) is 10. The first-order valence-corrected chi connectivity index (χ1v) is 11.2. The van der Waals surface area contributed by atoms with Gasteiger partial charge in [0.15, 0.2) is 0 Å². The number of ether oxygens (including phenoxy) is 1. The average Bonchev–Trinajstić information content (AvgIpc) is 2.91. The van der Waals surface area contributed by atoms with Crippen molar-refractivity contribution in [1.82, 2.24) is 14.6 Å². The first-order valence-electron chi connectivity index (χ1n) is 8.67. The maximum absolute atomic E-state index is 12.8. The zero-order chi connectivity index (χ0) is 20.5. The quantitative estimate of drug-likeness (QED) is 0.400. The van der Waals surface area contributed by atoms with Crippen LogP contribution in [0.4, 0.5) is 5.82 Å². The van der Waals surface area contributed by atoms with Crippen molar-refractivity contribution in [3.05, 3.63) is 22.7 Å². The van der Waals surface area contributed by atoms with Gasteiger partial charge < -0.3 is 15.6 Å². The molecule has 11 nitrogen and oxygen atoms in total. The Morgan fingerprint density at radius 1 is 1.64 bits per heavy atom. The van der Waals surface area contributed by atoms with E-state index in [4.69, 9.17) is 19.5 Å². The molecule has 0 amide bonds. The Labute approximate surface area is 165 Å². The fourth-order valence-corrected chi connectivity index (χ4v) is 6.46. The molecule has 13 heteroatoms. The smallest absolute Gasteiger partial charge is 0.406 e. The van der Waals surface area contributed by atoms with Crippen molar-refractivity contribution in [2.24, 2.45) is 0 Å². The molecule has 3 rings (SSSR count). The van der Waals surface area contributed by atoms with Gasteiger partial charge in [0.2, 0.25) is 0 Å². The maximum Gasteiger partial charge on any atom is 0.406 e. The van der Waals surface area contributed by atoms with Crippen molar-refractivity contribution in [3.8, 4) is 0 Å². The molecule has 0 aliphatic carbocycles. The van der Waals surface area contributed by atoms with Gasteiger partial charge in [-0.2, -0.15) is 4.98 Å². The van der Waals surface area contributed by atoms with Gasteiger partial charge in [-0.05, 0) is 13.0 Å². The highest BCUT2D eigenvalue weighted by atomic mass is 32.2. The first-order chi connectivity index (χ1) is 13.2. The number of aliphatic hydroxyl groups excluding tert-OH is 1. The number of thioether (sulfide) groups is 1. The minimum absolute atomic E-state index is 0.00707. The van der Waals surface area contributed by atoms with Crippen LogP contribution in [0.1, 0.15) is 13.8 Å². The van der Waals surface area contributed by atoms with Gasteiger partial charge in [-0.15, -0.1) is 11.8 Å². The van der Waals surface area contributed by atoms with Crippen molar-refractivity contribution in [3.63, 3.8) is 0 Å². The van der Waals surface area contributed by atoms with Crippen LogP contribution >= 0.6 is 19.5 Å². The van der Waals surface area contributed by atoms with Crippen LogP contribution in [0, 0.1) is 0 Å². The highest BCUT2D eigenvalue weighted by Crippen LogP contribution is 2.55. The molecule has 2 saturated heterocycles. The van der Waals surface area contributed by atoms with Gasteiger partial charge in [-0.1, -0.05) is 0 Å². The van der Waals surface area contributed by atoms with Crippen LogP contribution in [0.25, 0.3) is 0 Å². The van der Waals surface area contributed by atoms with E-state index < -0.39 is 37.7 Å². The molecular formula is C15H23N4O7PS. The number of aromatic nitrogens is 2. The van der Waals surface area contributed by atoms with E-state index in [1.807, 2.05) is 0 Å². The number of anilines is 1. The van der Waals surface area contributed by atoms with Crippen molar-refractivity contribution in [2.75, 3.05) is 18.9 Å². The minimum Gasteiger partial charge on any atom is -0.464 e. The summed E-state index contributed by atoms with van der Waals surface area (Å²) >= 11 is 1.41. The second kappa shape index (κ2) is 8.52. The zero-order valence-corrected chi connectivity index (χ0v) is 17.1. The number of carbonyl (C=O) groups excluding carboxylic acids is 1. The molecular weight excluding hydrogens is 411 g/mol. The SMILES string of the molecule is CC(=O)OC[C@H](C)NP1(=O)OC[C@H]2S[C@@H](Cn3ccc(N)nc3=O)[C@@H](O)[C@@H]2O1. The molecule has 1 aromatic rings. The molecule has 1 aromatic heterocycles. The molecule has 28 heavy (non-hydrogen) atoms. The fraction of sp³-hybridized carbons (Fsp3) is 0.667. The number of nitrogen functional groups attached to an aromatic ring is 1. The lowest BCUT2D eigenvalue weighted by atomic mass is 10.1. The summed E-state index contributed by atoms with van der Waals surface area (Å²) in [7, 11) is -3.67. The highest BCUT2D eigenvalue weighted by Gasteiger charge is 2.51. The van der Waals surface area contributed by atoms with E-state index in [2.05, 4.69) is 10.1 Å². The van der Waals surface area contributed by atoms with Crippen LogP contribution in [0.2, 0.25) is 0 Å². The third kappa shape index (κ3) is 4.94. The Kier molecular flexibility index (Phi) is 6.47. The van der Waals surface area contributed by atoms with Gasteiger partial charge in [0, 0.05) is 25.7 Å². The molecule has 2 aliphatic heterocycles. The Morgan fingerprint density at radius 3 is 3.07 bits per heavy atom. The summed E-state index contributed by atoms with van der Waals surface area (Å²) in [5, 5.41) is 12.8. The number of esters is 1. The maximum atomic E-state index is 12.8. The number of nitrogens with one attached hydrogen (secondary N) is 1. The van der Waals surface area contributed by atoms with Crippen molar-refractivity contribution >= 4 is 31.3 Å². The molecule has 2 aliphatic rings. The summed E-state index contributed by atoms with van der Waals surface area (Å²) in [5.74, 6) is -0.323. The van der Waals surface area contributed by atoms with Crippen LogP contribution in [0.3, 0.4) is 0 Å². The molecule has 3 heterocycles. The summed E-state index contributed by atoms with van der Waals surface area (Å²) in [6.45, 7) is 3.27. The van der Waals surface area contributed by atoms with Crippen molar-refractivity contribution in [2.45, 2.75) is 49.1 Å². The standard InChI is InChI=1S/C15H23N4O7PS/c1-8(6-24-9(2)20)18-27(23)25-7-11-14(26-27)13(21)10(28-11)5-19-4-3-12(16)17-15(19)22/h3-4,8,10-11,13-14,21H,5-7H2,1-2H3,(H,18,23)(H2,16,17,22)/t8-,10-,11+,13+,14+,27?/m0/s1. The first kappa shape index (κ1) is 21.3. The predicted octanol–water partition coefficient (Wildman–Crippen LogP) is -0.265. The summed E-state index contributed by atoms with van der Waals surface area (Å²) in [6.07, 6.45) is -0.164. The number of rotatable bonds is 6. The number of nitrogens with two attached hydrogens (primary N) is 1. The van der Waals surface area contributed by atoms with Gasteiger partial charge in [0.1, 0.15) is 18.5 Å². The van der Waals surface area contributed by atoms with Gasteiger partial charge in [-0.3, -0.25) is 18.4 Å². The summed E-state index contributed by atoms with van der Waals surface area (Å²) in [4.78, 5) is 26.5. The predicted molar refractivity (Wildman–Crippen MR) is 102 cm³/mol. The summed E-state index contributed by atoms with van der Waals surface area (Å²) in [5.41, 5.74) is 4.98. The third-order valence-corrected chi connectivity index (χ3v) is 7.59. The van der Waals surface area contributed by atoms with E-state index in [9.17, 15) is 19.3 Å². The lowest BCUT2D eigenvalue weighted by Crippen LogP contribution is -2.43. The Bertz CT molecular complexity index is 837. The van der Waals surface area contributed by atoms with E-state index >= 15 is 0 Å². The largest absolute Gasteiger partial charge is 0.464 e. The van der Waals surface area contributed by atoms with Crippen LogP contribution in [-0.4, -0.2) is 62.6 Å². The Balaban J connectivity index is 1.63. The van der Waals surface area contributed by atoms with E-state index in [0.717, 1.165) is 0 Å². The number of hydrogen-bond donors (Lipinski definition) is 3. The van der Waals surface area contributed by atoms with E-state index in [0.29, 0.717) is 0 Å². The summed E-state index contributed by atoms with van der Waals surface area (Å²) < 4.78 is 30.0. The van der Waals surface area contributed by atoms with Gasteiger partial charge in [0.05, 0.1) is 23.2 Å². The average molecular weight is 434 g/mol. The summed E-state index contributed by atoms with van der Waals surface area (Å²) in [6, 6.07) is 1.04. The zero-order valence-electron chi connectivity index (χ0n) is 15.4. The van der Waals surface area contributed by atoms with Gasteiger partial charge >= 0.3 is 19.4 Å². The molecule has 0 aromatic carbocycles. The third-order valence-electron chi connectivity index (χ3n) is 4.29. The molecule has 4 N–H and O–H groups in total. The molecule has 0 spiro atoms. The molecule has 1 unspecified atom stereocenters. The van der Waals surface area contributed by atoms with Gasteiger partial charge in [-0.25, -0.2) is 14.4 Å². The second-order valence-corrected chi connectivity index (χ2v) is 9.89. The molecule has 156 valence electrons. The topological polar surface area (TPSA) is 155 Å². The fourth-order valence-electron chi connectivity index (χ4n) is 2.98. The van der Waals surface area contributed by atoms with Crippen LogP contribution < -0.4 is 16.5 Å². The van der Waals surface area contributed by atoms with Crippen LogP contribution in [0.15, 0.2) is 17.1 Å². The molecule has 0 radical (unpaired) electrons. The number of nitrogens with zero attached hydrogens (tertiary/aromatic N) is 2. The van der Waals surface area contributed by atoms with Gasteiger partial charge in [0.25, 0.3) is 0 Å². The molecule has 0 saturated carbocycles. The Hall–Kier alpha value is -1.43. The van der Waals surface area contributed by atoms with Crippen LogP contribution in [-0.2, 0) is 29.7 Å². The van der Waals surface area contributed by atoms with E-state index in [-0.39, 0.29) is 36.1 Å². The van der Waals surface area contributed by atoms with Crippen molar-refractivity contribution < 1.29 is 28.3 Å². The molecule has 6 atom stereocenters. The lowest BCUT2D eigenvalue weighted by Gasteiger charge is -2.33. The molecule has 2 fully saturated rings. The van der Waals surface area contributed by atoms with E-state index in [1.54, 1.807) is 6.92 Å². The molecule has 0 bridgehead atoms. The van der Waals surface area contributed by atoms with Crippen LogP contribution in [0.5, 0.6) is 0 Å². The number of fused-ring (bicyclic) bond motifs is 1. The monoisotopic (exact) mass is 434 g/mol. The number of carbonyl (C=O) groups is 1. The normalized spacial score (nSPS) is 33.2. The second-order valence-electron chi connectivity index (χ2n) is 6.69.